The van der Waals surface area contributed by atoms with Gasteiger partial charge in [-0.2, -0.15) is 5.10 Å². The summed E-state index contributed by atoms with van der Waals surface area (Å²) in [5.74, 6) is -2.34. The molecule has 2 heterocycles. The molecule has 1 aliphatic rings. The molecule has 6 nitrogen and oxygen atoms in total. The van der Waals surface area contributed by atoms with Gasteiger partial charge in [0.1, 0.15) is 6.04 Å². The topological polar surface area (TPSA) is 78.1 Å². The summed E-state index contributed by atoms with van der Waals surface area (Å²) in [7, 11) is 1.62. The number of hydrogen-bond donors (Lipinski definition) is 2. The Morgan fingerprint density at radius 3 is 2.61 bits per heavy atom. The number of likely N-dealkylation sites (N-methyl/N-ethyl adjacent to an activating group) is 1. The second-order valence-electron chi connectivity index (χ2n) is 6.93. The molecule has 2 aromatic carbocycles. The number of para-hydroxylation sites is 1. The van der Waals surface area contributed by atoms with Gasteiger partial charge in [0.15, 0.2) is 11.6 Å². The number of amides is 1. The van der Waals surface area contributed by atoms with Crippen LogP contribution in [0.4, 0.5) is 14.5 Å². The van der Waals surface area contributed by atoms with Crippen molar-refractivity contribution in [1.29, 1.82) is 0 Å². The molecule has 0 fully saturated rings. The highest BCUT2D eigenvalue weighted by molar-refractivity contribution is 5.89. The lowest BCUT2D eigenvalue weighted by Crippen LogP contribution is -2.41. The van der Waals surface area contributed by atoms with Gasteiger partial charge in [0, 0.05) is 24.5 Å². The summed E-state index contributed by atoms with van der Waals surface area (Å²) in [5, 5.41) is 9.68. The number of nitrogens with zero attached hydrogens (tertiary/aromatic N) is 2. The van der Waals surface area contributed by atoms with Gasteiger partial charge in [-0.3, -0.25) is 9.59 Å². The van der Waals surface area contributed by atoms with Crippen LogP contribution in [0.1, 0.15) is 24.2 Å². The summed E-state index contributed by atoms with van der Waals surface area (Å²) < 4.78 is 27.3. The molecule has 1 aromatic heterocycles. The Bertz CT molecular complexity index is 1120. The molecule has 0 saturated carbocycles. The quantitative estimate of drug-likeness (QED) is 0.728. The summed E-state index contributed by atoms with van der Waals surface area (Å²) in [6.45, 7) is 1.72. The van der Waals surface area contributed by atoms with Crippen LogP contribution in [-0.2, 0) is 11.2 Å². The third-order valence-electron chi connectivity index (χ3n) is 5.25. The molecule has 0 spiro atoms. The van der Waals surface area contributed by atoms with Crippen molar-refractivity contribution >= 4 is 22.4 Å². The molecule has 144 valence electrons. The van der Waals surface area contributed by atoms with Crippen molar-refractivity contribution < 1.29 is 13.6 Å². The summed E-state index contributed by atoms with van der Waals surface area (Å²) in [5.41, 5.74) is 1.66. The summed E-state index contributed by atoms with van der Waals surface area (Å²) in [4.78, 5) is 26.4. The molecule has 0 saturated heterocycles. The van der Waals surface area contributed by atoms with Crippen molar-refractivity contribution in [3.8, 4) is 0 Å². The van der Waals surface area contributed by atoms with Crippen molar-refractivity contribution in [3.63, 3.8) is 0 Å². The minimum absolute atomic E-state index is 0.0111. The van der Waals surface area contributed by atoms with Gasteiger partial charge in [0.05, 0.1) is 17.1 Å². The number of H-pyrrole nitrogens is 1. The van der Waals surface area contributed by atoms with Crippen LogP contribution < -0.4 is 10.9 Å². The zero-order chi connectivity index (χ0) is 20.0. The summed E-state index contributed by atoms with van der Waals surface area (Å²) >= 11 is 0. The van der Waals surface area contributed by atoms with E-state index in [9.17, 15) is 18.4 Å². The number of nitrogens with one attached hydrogen (secondary N) is 2. The lowest BCUT2D eigenvalue weighted by atomic mass is 10.0. The van der Waals surface area contributed by atoms with Crippen LogP contribution in [0.25, 0.3) is 10.8 Å². The Labute approximate surface area is 159 Å². The van der Waals surface area contributed by atoms with Gasteiger partial charge in [-0.25, -0.2) is 13.9 Å². The molecule has 1 amide bonds. The van der Waals surface area contributed by atoms with Crippen molar-refractivity contribution in [3.05, 3.63) is 69.6 Å². The number of carbonyl (C=O) groups is 1. The average Bonchev–Trinajstić information content (AvgIpc) is 3.12. The zero-order valence-corrected chi connectivity index (χ0v) is 15.3. The van der Waals surface area contributed by atoms with E-state index in [2.05, 4.69) is 15.5 Å². The molecule has 0 bridgehead atoms. The molecule has 0 unspecified atom stereocenters. The van der Waals surface area contributed by atoms with E-state index in [1.54, 1.807) is 14.0 Å². The van der Waals surface area contributed by atoms with Crippen molar-refractivity contribution in [2.45, 2.75) is 25.4 Å². The largest absolute Gasteiger partial charge is 0.373 e. The molecule has 4 rings (SSSR count). The molecule has 0 radical (unpaired) electrons. The minimum Gasteiger partial charge on any atom is -0.373 e. The second kappa shape index (κ2) is 6.70. The van der Waals surface area contributed by atoms with Gasteiger partial charge >= 0.3 is 0 Å². The standard InChI is InChI=1S/C20H18F2N4O2/c1-10(18-12-8-14(21)15(22)9-13(12)19(27)25-24-18)26(2)20(28)17-7-11-5-3-4-6-16(11)23-17/h3-6,8-10,17,23H,7H2,1-2H3,(H,25,27)/t10-,17-/m1/s1. The molecule has 2 N–H and O–H groups in total. The van der Waals surface area contributed by atoms with E-state index in [1.165, 1.54) is 4.90 Å². The van der Waals surface area contributed by atoms with Gasteiger partial charge in [-0.05, 0) is 30.7 Å². The maximum atomic E-state index is 13.8. The van der Waals surface area contributed by atoms with Crippen LogP contribution in [0.15, 0.2) is 41.2 Å². The first-order valence-corrected chi connectivity index (χ1v) is 8.85. The third-order valence-corrected chi connectivity index (χ3v) is 5.25. The number of hydrogen-bond acceptors (Lipinski definition) is 4. The predicted molar refractivity (Wildman–Crippen MR) is 101 cm³/mol. The fourth-order valence-electron chi connectivity index (χ4n) is 3.56. The van der Waals surface area contributed by atoms with Crippen molar-refractivity contribution in [2.75, 3.05) is 12.4 Å². The number of carbonyl (C=O) groups excluding carboxylic acids is 1. The van der Waals surface area contributed by atoms with Gasteiger partial charge in [0.25, 0.3) is 5.56 Å². The first kappa shape index (κ1) is 18.1. The Morgan fingerprint density at radius 2 is 1.89 bits per heavy atom. The van der Waals surface area contributed by atoms with E-state index >= 15 is 0 Å². The number of fused-ring (bicyclic) bond motifs is 2. The Hall–Kier alpha value is -3.29. The Balaban J connectivity index is 1.65. The van der Waals surface area contributed by atoms with Crippen LogP contribution >= 0.6 is 0 Å². The van der Waals surface area contributed by atoms with E-state index in [-0.39, 0.29) is 16.7 Å². The van der Waals surface area contributed by atoms with Crippen LogP contribution in [0, 0.1) is 11.6 Å². The monoisotopic (exact) mass is 384 g/mol. The lowest BCUT2D eigenvalue weighted by Gasteiger charge is -2.28. The molecule has 8 heteroatoms. The number of aromatic nitrogens is 2. The molecular formula is C20H18F2N4O2. The minimum atomic E-state index is -1.11. The fourth-order valence-corrected chi connectivity index (χ4v) is 3.56. The van der Waals surface area contributed by atoms with E-state index in [0.717, 1.165) is 23.4 Å². The molecule has 2 atom stereocenters. The number of halogens is 2. The summed E-state index contributed by atoms with van der Waals surface area (Å²) in [6, 6.07) is 8.50. The highest BCUT2D eigenvalue weighted by Crippen LogP contribution is 2.29. The SMILES string of the molecule is C[C@H](c1n[nH]c(=O)c2cc(F)c(F)cc12)N(C)C(=O)[C@H]1Cc2ccccc2N1. The van der Waals surface area contributed by atoms with E-state index in [0.29, 0.717) is 12.1 Å². The fraction of sp³-hybridized carbons (Fsp3) is 0.250. The number of aromatic amines is 1. The molecule has 0 aliphatic carbocycles. The van der Waals surface area contributed by atoms with E-state index in [1.807, 2.05) is 24.3 Å². The molecular weight excluding hydrogens is 366 g/mol. The average molecular weight is 384 g/mol. The molecule has 3 aromatic rings. The number of benzene rings is 2. The number of rotatable bonds is 3. The van der Waals surface area contributed by atoms with Crippen LogP contribution in [0.3, 0.4) is 0 Å². The van der Waals surface area contributed by atoms with Gasteiger partial charge in [0.2, 0.25) is 5.91 Å². The number of anilines is 1. The highest BCUT2D eigenvalue weighted by atomic mass is 19.2. The third kappa shape index (κ3) is 2.90. The smallest absolute Gasteiger partial charge is 0.272 e. The zero-order valence-electron chi connectivity index (χ0n) is 15.3. The van der Waals surface area contributed by atoms with Crippen LogP contribution in [0.2, 0.25) is 0 Å². The van der Waals surface area contributed by atoms with Crippen LogP contribution in [-0.4, -0.2) is 34.1 Å². The maximum absolute atomic E-state index is 13.8. The Morgan fingerprint density at radius 1 is 1.21 bits per heavy atom. The maximum Gasteiger partial charge on any atom is 0.272 e. The summed E-state index contributed by atoms with van der Waals surface area (Å²) in [6.07, 6.45) is 0.561. The van der Waals surface area contributed by atoms with E-state index in [4.69, 9.17) is 0 Å². The predicted octanol–water partition coefficient (Wildman–Crippen LogP) is 2.76. The second-order valence-corrected chi connectivity index (χ2v) is 6.93. The first-order valence-electron chi connectivity index (χ1n) is 8.85. The Kier molecular flexibility index (Phi) is 4.33. The van der Waals surface area contributed by atoms with Gasteiger partial charge in [-0.15, -0.1) is 0 Å². The van der Waals surface area contributed by atoms with Crippen molar-refractivity contribution in [2.24, 2.45) is 0 Å². The van der Waals surface area contributed by atoms with Crippen molar-refractivity contribution in [1.82, 2.24) is 15.1 Å². The highest BCUT2D eigenvalue weighted by Gasteiger charge is 2.31. The van der Waals surface area contributed by atoms with Gasteiger partial charge < -0.3 is 10.2 Å². The first-order chi connectivity index (χ1) is 13.4. The lowest BCUT2D eigenvalue weighted by molar-refractivity contribution is -0.132. The molecule has 1 aliphatic heterocycles. The van der Waals surface area contributed by atoms with Gasteiger partial charge in [-0.1, -0.05) is 18.2 Å². The normalized spacial score (nSPS) is 16.5. The van der Waals surface area contributed by atoms with E-state index < -0.39 is 29.3 Å². The van der Waals surface area contributed by atoms with Crippen LogP contribution in [0.5, 0.6) is 0 Å². The molecule has 28 heavy (non-hydrogen) atoms.